The number of hydrogen-bond acceptors (Lipinski definition) is 5. The van der Waals surface area contributed by atoms with Crippen LogP contribution in [0.3, 0.4) is 0 Å². The number of nitrogens with zero attached hydrogens (tertiary/aromatic N) is 1. The number of esters is 1. The van der Waals surface area contributed by atoms with Gasteiger partial charge in [0.25, 0.3) is 5.91 Å². The van der Waals surface area contributed by atoms with Crippen LogP contribution in [0, 0.1) is 13.8 Å². The fourth-order valence-electron chi connectivity index (χ4n) is 2.19. The van der Waals surface area contributed by atoms with Crippen LogP contribution in [0.5, 0.6) is 0 Å². The van der Waals surface area contributed by atoms with E-state index in [4.69, 9.17) is 32.5 Å². The molecule has 1 N–H and O–H groups in total. The lowest BCUT2D eigenvalue weighted by Gasteiger charge is -2.16. The lowest BCUT2D eigenvalue weighted by molar-refractivity contribution is -0.124. The fourth-order valence-corrected chi connectivity index (χ4v) is 2.76. The van der Waals surface area contributed by atoms with Gasteiger partial charge in [0.1, 0.15) is 11.3 Å². The second-order valence-electron chi connectivity index (χ2n) is 5.23. The van der Waals surface area contributed by atoms with Crippen LogP contribution in [0.4, 0.5) is 0 Å². The van der Waals surface area contributed by atoms with Gasteiger partial charge in [-0.2, -0.15) is 0 Å². The van der Waals surface area contributed by atoms with Crippen molar-refractivity contribution in [3.05, 3.63) is 50.8 Å². The van der Waals surface area contributed by atoms with E-state index in [1.807, 2.05) is 0 Å². The summed E-state index contributed by atoms with van der Waals surface area (Å²) in [5.74, 6) is -0.758. The zero-order valence-electron chi connectivity index (χ0n) is 13.4. The minimum atomic E-state index is -0.654. The van der Waals surface area contributed by atoms with Crippen molar-refractivity contribution in [2.45, 2.75) is 26.8 Å². The van der Waals surface area contributed by atoms with Gasteiger partial charge in [0, 0.05) is 10.0 Å². The Hall–Kier alpha value is -2.05. The van der Waals surface area contributed by atoms with E-state index in [0.29, 0.717) is 27.1 Å². The maximum Gasteiger partial charge on any atom is 0.344 e. The number of carbonyl (C=O) groups is 2. The summed E-state index contributed by atoms with van der Waals surface area (Å²) in [4.78, 5) is 23.9. The third-order valence-electron chi connectivity index (χ3n) is 3.38. The van der Waals surface area contributed by atoms with E-state index in [0.717, 1.165) is 0 Å². The quantitative estimate of drug-likeness (QED) is 0.812. The number of carbonyl (C=O) groups excluding carboxylic acids is 2. The van der Waals surface area contributed by atoms with Crippen molar-refractivity contribution in [3.63, 3.8) is 0 Å². The summed E-state index contributed by atoms with van der Waals surface area (Å²) < 4.78 is 9.88. The van der Waals surface area contributed by atoms with Gasteiger partial charge in [0.05, 0.1) is 11.7 Å². The molecule has 0 aliphatic rings. The first-order chi connectivity index (χ1) is 11.3. The Labute approximate surface area is 149 Å². The fraction of sp³-hybridized carbons (Fsp3) is 0.312. The van der Waals surface area contributed by atoms with Crippen molar-refractivity contribution in [3.8, 4) is 0 Å². The molecule has 1 heterocycles. The standard InChI is InChI=1S/C16H16Cl2N2O4/c1-8(12-5-4-11(17)6-13(12)18)19-14(21)7-23-16(22)15-9(2)20-24-10(15)3/h4-6,8H,7H2,1-3H3,(H,19,21)/t8-/m0/s1. The molecule has 24 heavy (non-hydrogen) atoms. The molecule has 6 nitrogen and oxygen atoms in total. The normalized spacial score (nSPS) is 11.9. The van der Waals surface area contributed by atoms with Crippen molar-refractivity contribution in [2.24, 2.45) is 0 Å². The molecule has 0 bridgehead atoms. The summed E-state index contributed by atoms with van der Waals surface area (Å²) in [5.41, 5.74) is 1.36. The first-order valence-corrected chi connectivity index (χ1v) is 7.89. The van der Waals surface area contributed by atoms with Crippen molar-refractivity contribution in [2.75, 3.05) is 6.61 Å². The largest absolute Gasteiger partial charge is 0.452 e. The summed E-state index contributed by atoms with van der Waals surface area (Å²) in [6.07, 6.45) is 0. The summed E-state index contributed by atoms with van der Waals surface area (Å²) in [6, 6.07) is 4.65. The highest BCUT2D eigenvalue weighted by Gasteiger charge is 2.20. The molecule has 128 valence electrons. The van der Waals surface area contributed by atoms with Crippen molar-refractivity contribution in [1.82, 2.24) is 10.5 Å². The molecule has 0 saturated carbocycles. The average molecular weight is 371 g/mol. The predicted octanol–water partition coefficient (Wildman–Crippen LogP) is 3.63. The van der Waals surface area contributed by atoms with Gasteiger partial charge in [0.15, 0.2) is 6.61 Å². The van der Waals surface area contributed by atoms with Gasteiger partial charge in [-0.1, -0.05) is 34.4 Å². The predicted molar refractivity (Wildman–Crippen MR) is 89.3 cm³/mol. The summed E-state index contributed by atoms with van der Waals surface area (Å²) in [7, 11) is 0. The Kier molecular flexibility index (Phi) is 5.85. The number of nitrogens with one attached hydrogen (secondary N) is 1. The van der Waals surface area contributed by atoms with Gasteiger partial charge >= 0.3 is 5.97 Å². The molecule has 1 aromatic carbocycles. The zero-order valence-corrected chi connectivity index (χ0v) is 14.9. The van der Waals surface area contributed by atoms with Crippen molar-refractivity contribution in [1.29, 1.82) is 0 Å². The number of aryl methyl sites for hydroxylation is 2. The minimum Gasteiger partial charge on any atom is -0.452 e. The Balaban J connectivity index is 1.92. The summed E-state index contributed by atoms with van der Waals surface area (Å²) in [6.45, 7) is 4.57. The average Bonchev–Trinajstić information content (AvgIpc) is 2.83. The molecule has 0 saturated heterocycles. The smallest absolute Gasteiger partial charge is 0.344 e. The van der Waals surface area contributed by atoms with E-state index >= 15 is 0 Å². The summed E-state index contributed by atoms with van der Waals surface area (Å²) in [5, 5.41) is 7.33. The second-order valence-corrected chi connectivity index (χ2v) is 6.07. The first kappa shape index (κ1) is 18.3. The summed E-state index contributed by atoms with van der Waals surface area (Å²) >= 11 is 11.9. The number of ether oxygens (including phenoxy) is 1. The number of amides is 1. The van der Waals surface area contributed by atoms with Gasteiger partial charge in [-0.15, -0.1) is 0 Å². The molecule has 0 fully saturated rings. The second kappa shape index (κ2) is 7.68. The molecule has 8 heteroatoms. The van der Waals surface area contributed by atoms with E-state index in [-0.39, 0.29) is 11.6 Å². The van der Waals surface area contributed by atoms with E-state index in [9.17, 15) is 9.59 Å². The number of aromatic nitrogens is 1. The van der Waals surface area contributed by atoms with E-state index in [1.54, 1.807) is 39.0 Å². The lowest BCUT2D eigenvalue weighted by Crippen LogP contribution is -2.31. The Morgan fingerprint density at radius 1 is 1.33 bits per heavy atom. The van der Waals surface area contributed by atoms with Crippen molar-refractivity contribution >= 4 is 35.1 Å². The van der Waals surface area contributed by atoms with Gasteiger partial charge in [-0.3, -0.25) is 4.79 Å². The monoisotopic (exact) mass is 370 g/mol. The Bertz CT molecular complexity index is 754. The third kappa shape index (κ3) is 4.27. The molecule has 2 rings (SSSR count). The van der Waals surface area contributed by atoms with Crippen LogP contribution in [0.25, 0.3) is 0 Å². The highest BCUT2D eigenvalue weighted by molar-refractivity contribution is 6.35. The van der Waals surface area contributed by atoms with Crippen LogP contribution in [0.2, 0.25) is 10.0 Å². The molecule has 0 spiro atoms. The van der Waals surface area contributed by atoms with Crippen LogP contribution in [0.1, 0.15) is 40.3 Å². The Morgan fingerprint density at radius 3 is 2.62 bits per heavy atom. The van der Waals surface area contributed by atoms with Gasteiger partial charge in [-0.05, 0) is 38.5 Å². The maximum atomic E-state index is 12.0. The number of halogens is 2. The van der Waals surface area contributed by atoms with E-state index in [1.165, 1.54) is 0 Å². The maximum absolute atomic E-state index is 12.0. The van der Waals surface area contributed by atoms with Gasteiger partial charge in [-0.25, -0.2) is 4.79 Å². The first-order valence-electron chi connectivity index (χ1n) is 7.14. The third-order valence-corrected chi connectivity index (χ3v) is 3.94. The van der Waals surface area contributed by atoms with Crippen molar-refractivity contribution < 1.29 is 18.8 Å². The van der Waals surface area contributed by atoms with Crippen LogP contribution >= 0.6 is 23.2 Å². The zero-order chi connectivity index (χ0) is 17.9. The van der Waals surface area contributed by atoms with Crippen LogP contribution in [0.15, 0.2) is 22.7 Å². The number of rotatable bonds is 5. The molecule has 0 aliphatic carbocycles. The van der Waals surface area contributed by atoms with Crippen LogP contribution in [-0.2, 0) is 9.53 Å². The van der Waals surface area contributed by atoms with Gasteiger partial charge in [0.2, 0.25) is 0 Å². The molecule has 1 aromatic heterocycles. The highest BCUT2D eigenvalue weighted by Crippen LogP contribution is 2.26. The van der Waals surface area contributed by atoms with E-state index in [2.05, 4.69) is 10.5 Å². The van der Waals surface area contributed by atoms with Gasteiger partial charge < -0.3 is 14.6 Å². The molecule has 0 radical (unpaired) electrons. The minimum absolute atomic E-state index is 0.233. The molecule has 1 atom stereocenters. The SMILES string of the molecule is Cc1noc(C)c1C(=O)OCC(=O)N[C@@H](C)c1ccc(Cl)cc1Cl. The molecule has 0 unspecified atom stereocenters. The Morgan fingerprint density at radius 2 is 2.04 bits per heavy atom. The lowest BCUT2D eigenvalue weighted by atomic mass is 10.1. The number of hydrogen-bond donors (Lipinski definition) is 1. The molecular weight excluding hydrogens is 355 g/mol. The molecule has 0 aliphatic heterocycles. The highest BCUT2D eigenvalue weighted by atomic mass is 35.5. The molecule has 2 aromatic rings. The van der Waals surface area contributed by atoms with Crippen LogP contribution in [-0.4, -0.2) is 23.6 Å². The molecule has 1 amide bonds. The van der Waals surface area contributed by atoms with Crippen LogP contribution < -0.4 is 5.32 Å². The molecular formula is C16H16Cl2N2O4. The van der Waals surface area contributed by atoms with E-state index < -0.39 is 18.5 Å². The number of benzene rings is 1. The topological polar surface area (TPSA) is 81.4 Å².